The molecule has 0 heterocycles. The van der Waals surface area contributed by atoms with Gasteiger partial charge in [0.05, 0.1) is 12.5 Å². The summed E-state index contributed by atoms with van der Waals surface area (Å²) in [6.07, 6.45) is 0. The molecule has 4 nitrogen and oxygen atoms in total. The van der Waals surface area contributed by atoms with Gasteiger partial charge in [-0.25, -0.2) is 4.39 Å². The van der Waals surface area contributed by atoms with E-state index in [1.54, 1.807) is 13.0 Å². The van der Waals surface area contributed by atoms with Crippen LogP contribution in [-0.2, 0) is 11.3 Å². The standard InChI is InChI=1S/C15H23FN2O2/c1-10(2)7-18-8-12-6-13(16)4-5-14(12)20-9-11(3)15(17)19/h4-6,10-11,18H,7-9H2,1-3H3,(H2,17,19). The van der Waals surface area contributed by atoms with Gasteiger partial charge in [0.15, 0.2) is 0 Å². The van der Waals surface area contributed by atoms with Crippen LogP contribution in [0.25, 0.3) is 0 Å². The maximum absolute atomic E-state index is 13.3. The molecule has 1 aromatic rings. The summed E-state index contributed by atoms with van der Waals surface area (Å²) < 4.78 is 18.9. The molecule has 0 aliphatic rings. The summed E-state index contributed by atoms with van der Waals surface area (Å²) in [5.74, 6) is 0.00309. The quantitative estimate of drug-likeness (QED) is 0.767. The summed E-state index contributed by atoms with van der Waals surface area (Å²) >= 11 is 0. The summed E-state index contributed by atoms with van der Waals surface area (Å²) in [5.41, 5.74) is 5.92. The van der Waals surface area contributed by atoms with E-state index in [-0.39, 0.29) is 18.3 Å². The van der Waals surface area contributed by atoms with E-state index in [9.17, 15) is 9.18 Å². The zero-order valence-electron chi connectivity index (χ0n) is 12.3. The topological polar surface area (TPSA) is 64.3 Å². The molecule has 5 heteroatoms. The molecule has 0 spiro atoms. The molecule has 0 aliphatic carbocycles. The van der Waals surface area contributed by atoms with Gasteiger partial charge in [-0.15, -0.1) is 0 Å². The van der Waals surface area contributed by atoms with Gasteiger partial charge in [0.1, 0.15) is 11.6 Å². The molecule has 1 atom stereocenters. The fourth-order valence-electron chi connectivity index (χ4n) is 1.62. The van der Waals surface area contributed by atoms with Gasteiger partial charge in [-0.2, -0.15) is 0 Å². The van der Waals surface area contributed by atoms with Crippen LogP contribution in [0.2, 0.25) is 0 Å². The number of ether oxygens (including phenoxy) is 1. The Bertz CT molecular complexity index is 449. The maximum atomic E-state index is 13.3. The first-order chi connectivity index (χ1) is 9.40. The zero-order valence-corrected chi connectivity index (χ0v) is 12.3. The number of rotatable bonds is 8. The van der Waals surface area contributed by atoms with Gasteiger partial charge in [-0.1, -0.05) is 20.8 Å². The SMILES string of the molecule is CC(C)CNCc1cc(F)ccc1OCC(C)C(N)=O. The van der Waals surface area contributed by atoms with Crippen molar-refractivity contribution >= 4 is 5.91 Å². The third kappa shape index (κ3) is 5.57. The highest BCUT2D eigenvalue weighted by Crippen LogP contribution is 2.20. The first-order valence-corrected chi connectivity index (χ1v) is 6.81. The van der Waals surface area contributed by atoms with Gasteiger partial charge in [0.2, 0.25) is 5.91 Å². The lowest BCUT2D eigenvalue weighted by atomic mass is 10.1. The highest BCUT2D eigenvalue weighted by atomic mass is 19.1. The minimum Gasteiger partial charge on any atom is -0.492 e. The fourth-order valence-corrected chi connectivity index (χ4v) is 1.62. The number of nitrogens with one attached hydrogen (secondary N) is 1. The lowest BCUT2D eigenvalue weighted by Gasteiger charge is -2.15. The normalized spacial score (nSPS) is 12.4. The van der Waals surface area contributed by atoms with E-state index in [1.807, 2.05) is 0 Å². The van der Waals surface area contributed by atoms with Gasteiger partial charge in [0, 0.05) is 12.1 Å². The minimum absolute atomic E-state index is 0.193. The van der Waals surface area contributed by atoms with Crippen molar-refractivity contribution in [3.05, 3.63) is 29.6 Å². The van der Waals surface area contributed by atoms with Crippen molar-refractivity contribution in [3.63, 3.8) is 0 Å². The first-order valence-electron chi connectivity index (χ1n) is 6.81. The average Bonchev–Trinajstić information content (AvgIpc) is 2.36. The molecule has 0 bridgehead atoms. The second kappa shape index (κ2) is 7.85. The van der Waals surface area contributed by atoms with Crippen LogP contribution in [0.5, 0.6) is 5.75 Å². The van der Waals surface area contributed by atoms with Crippen molar-refractivity contribution in [2.24, 2.45) is 17.6 Å². The number of halogens is 1. The Balaban J connectivity index is 2.66. The lowest BCUT2D eigenvalue weighted by Crippen LogP contribution is -2.26. The van der Waals surface area contributed by atoms with Crippen LogP contribution in [0, 0.1) is 17.7 Å². The molecule has 3 N–H and O–H groups in total. The summed E-state index contributed by atoms with van der Waals surface area (Å²) in [6, 6.07) is 4.36. The van der Waals surface area contributed by atoms with Crippen LogP contribution in [0.4, 0.5) is 4.39 Å². The Labute approximate surface area is 119 Å². The van der Waals surface area contributed by atoms with E-state index < -0.39 is 5.91 Å². The van der Waals surface area contributed by atoms with E-state index in [1.165, 1.54) is 12.1 Å². The fraction of sp³-hybridized carbons (Fsp3) is 0.533. The number of benzene rings is 1. The van der Waals surface area contributed by atoms with Crippen LogP contribution >= 0.6 is 0 Å². The molecule has 20 heavy (non-hydrogen) atoms. The molecule has 0 aromatic heterocycles. The number of hydrogen-bond donors (Lipinski definition) is 2. The van der Waals surface area contributed by atoms with Crippen LogP contribution in [-0.4, -0.2) is 19.1 Å². The molecule has 0 radical (unpaired) electrons. The van der Waals surface area contributed by atoms with E-state index >= 15 is 0 Å². The van der Waals surface area contributed by atoms with E-state index in [0.29, 0.717) is 18.2 Å². The Hall–Kier alpha value is -1.62. The van der Waals surface area contributed by atoms with Crippen LogP contribution in [0.3, 0.4) is 0 Å². The molecule has 0 saturated heterocycles. The van der Waals surface area contributed by atoms with Gasteiger partial charge in [-0.3, -0.25) is 4.79 Å². The van der Waals surface area contributed by atoms with Gasteiger partial charge in [0.25, 0.3) is 0 Å². The molecule has 112 valence electrons. The van der Waals surface area contributed by atoms with E-state index in [4.69, 9.17) is 10.5 Å². The smallest absolute Gasteiger partial charge is 0.223 e. The first kappa shape index (κ1) is 16.4. The molecule has 0 aliphatic heterocycles. The second-order valence-electron chi connectivity index (χ2n) is 5.39. The number of amides is 1. The molecular weight excluding hydrogens is 259 g/mol. The zero-order chi connectivity index (χ0) is 15.1. The number of nitrogens with two attached hydrogens (primary N) is 1. The third-order valence-corrected chi connectivity index (χ3v) is 2.87. The number of primary amides is 1. The summed E-state index contributed by atoms with van der Waals surface area (Å²) in [7, 11) is 0. The van der Waals surface area contributed by atoms with Gasteiger partial charge in [-0.05, 0) is 30.7 Å². The van der Waals surface area contributed by atoms with Crippen molar-refractivity contribution in [3.8, 4) is 5.75 Å². The molecule has 1 aromatic carbocycles. The predicted molar refractivity (Wildman–Crippen MR) is 76.8 cm³/mol. The van der Waals surface area contributed by atoms with Gasteiger partial charge < -0.3 is 15.8 Å². The lowest BCUT2D eigenvalue weighted by molar-refractivity contribution is -0.122. The number of carbonyl (C=O) groups excluding carboxylic acids is 1. The van der Waals surface area contributed by atoms with Crippen LogP contribution in [0.1, 0.15) is 26.3 Å². The molecule has 0 fully saturated rings. The Kier molecular flexibility index (Phi) is 6.45. The van der Waals surface area contributed by atoms with Crippen molar-refractivity contribution in [2.75, 3.05) is 13.2 Å². The Morgan fingerprint density at radius 1 is 1.40 bits per heavy atom. The minimum atomic E-state index is -0.411. The Morgan fingerprint density at radius 3 is 2.70 bits per heavy atom. The molecule has 1 rings (SSSR count). The third-order valence-electron chi connectivity index (χ3n) is 2.87. The largest absolute Gasteiger partial charge is 0.492 e. The maximum Gasteiger partial charge on any atom is 0.223 e. The van der Waals surface area contributed by atoms with Crippen LogP contribution in [0.15, 0.2) is 18.2 Å². The summed E-state index contributed by atoms with van der Waals surface area (Å²) in [5, 5.41) is 3.24. The van der Waals surface area contributed by atoms with Crippen LogP contribution < -0.4 is 15.8 Å². The average molecular weight is 282 g/mol. The van der Waals surface area contributed by atoms with Gasteiger partial charge >= 0.3 is 0 Å². The summed E-state index contributed by atoms with van der Waals surface area (Å²) in [4.78, 5) is 11.0. The Morgan fingerprint density at radius 2 is 2.10 bits per heavy atom. The van der Waals surface area contributed by atoms with Crippen molar-refractivity contribution in [1.29, 1.82) is 0 Å². The second-order valence-corrected chi connectivity index (χ2v) is 5.39. The highest BCUT2D eigenvalue weighted by molar-refractivity contribution is 5.76. The number of hydrogen-bond acceptors (Lipinski definition) is 3. The number of carbonyl (C=O) groups is 1. The molecule has 1 unspecified atom stereocenters. The van der Waals surface area contributed by atoms with Crippen molar-refractivity contribution in [2.45, 2.75) is 27.3 Å². The molecular formula is C15H23FN2O2. The van der Waals surface area contributed by atoms with Crippen molar-refractivity contribution in [1.82, 2.24) is 5.32 Å². The monoisotopic (exact) mass is 282 g/mol. The molecule has 0 saturated carbocycles. The summed E-state index contributed by atoms with van der Waals surface area (Å²) in [6.45, 7) is 7.46. The van der Waals surface area contributed by atoms with Crippen molar-refractivity contribution < 1.29 is 13.9 Å². The molecule has 1 amide bonds. The van der Waals surface area contributed by atoms with E-state index in [2.05, 4.69) is 19.2 Å². The van der Waals surface area contributed by atoms with E-state index in [0.717, 1.165) is 12.1 Å². The highest BCUT2D eigenvalue weighted by Gasteiger charge is 2.12. The predicted octanol–water partition coefficient (Wildman–Crippen LogP) is 2.07.